The predicted molar refractivity (Wildman–Crippen MR) is 72.3 cm³/mol. The fraction of sp³-hybridized carbons (Fsp3) is 0.308. The Bertz CT molecular complexity index is 394. The van der Waals surface area contributed by atoms with Gasteiger partial charge in [-0.2, -0.15) is 0 Å². The van der Waals surface area contributed by atoms with Gasteiger partial charge in [0, 0.05) is 15.6 Å². The molecule has 0 N–H and O–H groups in total. The molecule has 0 radical (unpaired) electrons. The number of ketones is 1. The summed E-state index contributed by atoms with van der Waals surface area (Å²) in [6.07, 6.45) is 1.34. The van der Waals surface area contributed by atoms with E-state index in [2.05, 4.69) is 29.2 Å². The first-order valence-electron chi connectivity index (χ1n) is 5.01. The lowest BCUT2D eigenvalue weighted by molar-refractivity contribution is 0.0991. The third-order valence-electron chi connectivity index (χ3n) is 2.40. The maximum absolute atomic E-state index is 11.9. The lowest BCUT2D eigenvalue weighted by Gasteiger charge is -2.06. The van der Waals surface area contributed by atoms with Crippen LogP contribution in [0.5, 0.6) is 0 Å². The number of Topliss-reactive ketones (excluding diaryl/α,β-unsaturated/α-hetero) is 1. The summed E-state index contributed by atoms with van der Waals surface area (Å²) >= 11 is 2.23. The van der Waals surface area contributed by atoms with Gasteiger partial charge in [-0.3, -0.25) is 4.79 Å². The van der Waals surface area contributed by atoms with E-state index < -0.39 is 0 Å². The van der Waals surface area contributed by atoms with Gasteiger partial charge in [0.2, 0.25) is 0 Å². The molecule has 0 saturated heterocycles. The smallest absolute Gasteiger partial charge is 0.167 e. The lowest BCUT2D eigenvalue weighted by atomic mass is 10.0. The molecule has 2 heteroatoms. The number of carbonyl (C=O) groups excluding carboxylic acids is 1. The van der Waals surface area contributed by atoms with Crippen LogP contribution in [0.1, 0.15) is 35.7 Å². The molecule has 0 heterocycles. The molecule has 1 rings (SSSR count). The van der Waals surface area contributed by atoms with Crippen molar-refractivity contribution >= 4 is 28.4 Å². The molecule has 0 aromatic heterocycles. The zero-order valence-corrected chi connectivity index (χ0v) is 11.3. The standard InChI is InChI=1S/C13H15IO/c1-4-9(2)8-12(15)11-7-5-6-10(3)13(11)14/h5-7H,2,4,8H2,1,3H3. The Morgan fingerprint density at radius 3 is 2.73 bits per heavy atom. The summed E-state index contributed by atoms with van der Waals surface area (Å²) in [6.45, 7) is 7.91. The van der Waals surface area contributed by atoms with Crippen LogP contribution >= 0.6 is 22.6 Å². The highest BCUT2D eigenvalue weighted by Crippen LogP contribution is 2.19. The maximum Gasteiger partial charge on any atom is 0.167 e. The third kappa shape index (κ3) is 3.16. The molecule has 0 bridgehead atoms. The second-order valence-electron chi connectivity index (χ2n) is 3.64. The number of halogens is 1. The van der Waals surface area contributed by atoms with Crippen LogP contribution in [0.3, 0.4) is 0 Å². The van der Waals surface area contributed by atoms with Gasteiger partial charge in [0.15, 0.2) is 5.78 Å². The van der Waals surface area contributed by atoms with Crippen molar-refractivity contribution in [3.8, 4) is 0 Å². The minimum Gasteiger partial charge on any atom is -0.294 e. The van der Waals surface area contributed by atoms with E-state index in [9.17, 15) is 4.79 Å². The largest absolute Gasteiger partial charge is 0.294 e. The summed E-state index contributed by atoms with van der Waals surface area (Å²) in [7, 11) is 0. The van der Waals surface area contributed by atoms with Crippen molar-refractivity contribution in [2.45, 2.75) is 26.7 Å². The fourth-order valence-corrected chi connectivity index (χ4v) is 1.97. The summed E-state index contributed by atoms with van der Waals surface area (Å²) < 4.78 is 1.06. The summed E-state index contributed by atoms with van der Waals surface area (Å²) in [5, 5.41) is 0. The van der Waals surface area contributed by atoms with E-state index in [0.29, 0.717) is 6.42 Å². The average molecular weight is 314 g/mol. The third-order valence-corrected chi connectivity index (χ3v) is 3.83. The first kappa shape index (κ1) is 12.4. The first-order chi connectivity index (χ1) is 7.06. The Morgan fingerprint density at radius 1 is 1.47 bits per heavy atom. The van der Waals surface area contributed by atoms with E-state index in [1.54, 1.807) is 0 Å². The van der Waals surface area contributed by atoms with Gasteiger partial charge in [-0.15, -0.1) is 0 Å². The van der Waals surface area contributed by atoms with Crippen LogP contribution < -0.4 is 0 Å². The first-order valence-corrected chi connectivity index (χ1v) is 6.09. The van der Waals surface area contributed by atoms with Crippen molar-refractivity contribution in [3.63, 3.8) is 0 Å². The quantitative estimate of drug-likeness (QED) is 0.464. The summed E-state index contributed by atoms with van der Waals surface area (Å²) in [4.78, 5) is 11.9. The Labute approximate surface area is 105 Å². The number of hydrogen-bond acceptors (Lipinski definition) is 1. The zero-order valence-electron chi connectivity index (χ0n) is 9.14. The van der Waals surface area contributed by atoms with Crippen LogP contribution in [0.25, 0.3) is 0 Å². The molecule has 1 aromatic carbocycles. The number of aryl methyl sites for hydroxylation is 1. The van der Waals surface area contributed by atoms with Crippen LogP contribution in [0.15, 0.2) is 30.4 Å². The van der Waals surface area contributed by atoms with Crippen molar-refractivity contribution in [2.75, 3.05) is 0 Å². The Balaban J connectivity index is 2.92. The van der Waals surface area contributed by atoms with Crippen LogP contribution in [-0.4, -0.2) is 5.78 Å². The fourth-order valence-electron chi connectivity index (χ4n) is 1.31. The highest BCUT2D eigenvalue weighted by atomic mass is 127. The molecule has 0 aliphatic carbocycles. The molecule has 0 saturated carbocycles. The molecule has 1 nitrogen and oxygen atoms in total. The molecule has 0 unspecified atom stereocenters. The van der Waals surface area contributed by atoms with E-state index in [-0.39, 0.29) is 5.78 Å². The normalized spacial score (nSPS) is 10.1. The van der Waals surface area contributed by atoms with E-state index in [0.717, 1.165) is 26.7 Å². The average Bonchev–Trinajstić information content (AvgIpc) is 2.21. The van der Waals surface area contributed by atoms with E-state index >= 15 is 0 Å². The van der Waals surface area contributed by atoms with Crippen molar-refractivity contribution < 1.29 is 4.79 Å². The minimum absolute atomic E-state index is 0.176. The number of benzene rings is 1. The molecule has 15 heavy (non-hydrogen) atoms. The highest BCUT2D eigenvalue weighted by molar-refractivity contribution is 14.1. The summed E-state index contributed by atoms with van der Waals surface area (Å²) in [5.74, 6) is 0.176. The molecule has 0 fully saturated rings. The molecule has 0 amide bonds. The maximum atomic E-state index is 11.9. The minimum atomic E-state index is 0.176. The zero-order chi connectivity index (χ0) is 11.4. The van der Waals surface area contributed by atoms with Gasteiger partial charge in [0.05, 0.1) is 0 Å². The molecule has 0 atom stereocenters. The number of rotatable bonds is 4. The van der Waals surface area contributed by atoms with Crippen molar-refractivity contribution in [3.05, 3.63) is 45.0 Å². The second kappa shape index (κ2) is 5.45. The Kier molecular flexibility index (Phi) is 4.51. The molecule has 0 aliphatic rings. The van der Waals surface area contributed by atoms with Gasteiger partial charge in [0.1, 0.15) is 0 Å². The van der Waals surface area contributed by atoms with E-state index in [1.165, 1.54) is 0 Å². The molecule has 0 spiro atoms. The van der Waals surface area contributed by atoms with Gasteiger partial charge in [-0.05, 0) is 41.5 Å². The number of carbonyl (C=O) groups is 1. The number of allylic oxidation sites excluding steroid dienone is 1. The summed E-state index contributed by atoms with van der Waals surface area (Å²) in [6, 6.07) is 5.84. The van der Waals surface area contributed by atoms with E-state index in [4.69, 9.17) is 0 Å². The number of hydrogen-bond donors (Lipinski definition) is 0. The topological polar surface area (TPSA) is 17.1 Å². The lowest BCUT2D eigenvalue weighted by Crippen LogP contribution is -2.03. The van der Waals surface area contributed by atoms with Crippen LogP contribution in [-0.2, 0) is 0 Å². The monoisotopic (exact) mass is 314 g/mol. The van der Waals surface area contributed by atoms with Crippen molar-refractivity contribution in [2.24, 2.45) is 0 Å². The molecular formula is C13H15IO. The van der Waals surface area contributed by atoms with Crippen LogP contribution in [0.4, 0.5) is 0 Å². The molecule has 80 valence electrons. The van der Waals surface area contributed by atoms with Gasteiger partial charge < -0.3 is 0 Å². The van der Waals surface area contributed by atoms with Gasteiger partial charge in [-0.1, -0.05) is 37.3 Å². The molecule has 0 aliphatic heterocycles. The van der Waals surface area contributed by atoms with Gasteiger partial charge >= 0.3 is 0 Å². The highest BCUT2D eigenvalue weighted by Gasteiger charge is 2.11. The Hall–Kier alpha value is -0.640. The van der Waals surface area contributed by atoms with Gasteiger partial charge in [0.25, 0.3) is 0 Å². The van der Waals surface area contributed by atoms with Crippen LogP contribution in [0.2, 0.25) is 0 Å². The van der Waals surface area contributed by atoms with Crippen LogP contribution in [0, 0.1) is 10.5 Å². The SMILES string of the molecule is C=C(CC)CC(=O)c1cccc(C)c1I. The second-order valence-corrected chi connectivity index (χ2v) is 4.72. The Morgan fingerprint density at radius 2 is 2.13 bits per heavy atom. The molecule has 1 aromatic rings. The molecular weight excluding hydrogens is 299 g/mol. The summed E-state index contributed by atoms with van der Waals surface area (Å²) in [5.41, 5.74) is 2.98. The van der Waals surface area contributed by atoms with Crippen molar-refractivity contribution in [1.82, 2.24) is 0 Å². The van der Waals surface area contributed by atoms with E-state index in [1.807, 2.05) is 32.0 Å². The van der Waals surface area contributed by atoms with Gasteiger partial charge in [-0.25, -0.2) is 0 Å². The predicted octanol–water partition coefficient (Wildman–Crippen LogP) is 4.14. The van der Waals surface area contributed by atoms with Crippen molar-refractivity contribution in [1.29, 1.82) is 0 Å².